The van der Waals surface area contributed by atoms with Gasteiger partial charge in [0, 0.05) is 12.0 Å². The van der Waals surface area contributed by atoms with Crippen LogP contribution in [0.1, 0.15) is 50.5 Å². The molecule has 1 aromatic rings. The normalized spacial score (nSPS) is 22.2. The smallest absolute Gasteiger partial charge is 0.138 e. The summed E-state index contributed by atoms with van der Waals surface area (Å²) in [5.74, 6) is 0.830. The molecule has 0 aromatic heterocycles. The third-order valence-corrected chi connectivity index (χ3v) is 4.86. The first-order valence-corrected chi connectivity index (χ1v) is 7.78. The number of nitrogens with two attached hydrogens (primary N) is 1. The first-order chi connectivity index (χ1) is 9.23. The summed E-state index contributed by atoms with van der Waals surface area (Å²) in [6, 6.07) is 6.28. The fraction of sp³-hybridized carbons (Fsp3) is 0.625. The molecule has 2 nitrogen and oxygen atoms in total. The Morgan fingerprint density at radius 2 is 1.95 bits per heavy atom. The van der Waals surface area contributed by atoms with Crippen LogP contribution in [0.2, 0.25) is 5.02 Å². The quantitative estimate of drug-likeness (QED) is 0.903. The van der Waals surface area contributed by atoms with E-state index in [-0.39, 0.29) is 5.41 Å². The number of ether oxygens (including phenoxy) is 1. The molecule has 3 rings (SSSR count). The number of rotatable bonds is 4. The molecular weight excluding hydrogens is 258 g/mol. The van der Waals surface area contributed by atoms with E-state index in [2.05, 4.69) is 12.1 Å². The second kappa shape index (κ2) is 5.34. The minimum absolute atomic E-state index is 0.139. The van der Waals surface area contributed by atoms with E-state index < -0.39 is 0 Å². The van der Waals surface area contributed by atoms with Crippen molar-refractivity contribution in [3.05, 3.63) is 28.8 Å². The van der Waals surface area contributed by atoms with Crippen molar-refractivity contribution >= 4 is 11.6 Å². The molecule has 2 fully saturated rings. The molecule has 2 aliphatic carbocycles. The molecule has 0 spiro atoms. The van der Waals surface area contributed by atoms with Gasteiger partial charge in [0.25, 0.3) is 0 Å². The lowest BCUT2D eigenvalue weighted by Gasteiger charge is -2.37. The van der Waals surface area contributed by atoms with Crippen molar-refractivity contribution in [3.63, 3.8) is 0 Å². The average molecular weight is 280 g/mol. The third kappa shape index (κ3) is 2.75. The summed E-state index contributed by atoms with van der Waals surface area (Å²) < 4.78 is 5.80. The van der Waals surface area contributed by atoms with Crippen LogP contribution in [0.3, 0.4) is 0 Å². The van der Waals surface area contributed by atoms with Crippen molar-refractivity contribution in [1.29, 1.82) is 0 Å². The molecule has 0 unspecified atom stereocenters. The van der Waals surface area contributed by atoms with Gasteiger partial charge in [-0.3, -0.25) is 0 Å². The maximum Gasteiger partial charge on any atom is 0.138 e. The van der Waals surface area contributed by atoms with Gasteiger partial charge in [0.05, 0.1) is 11.1 Å². The predicted octanol–water partition coefficient (Wildman–Crippen LogP) is 4.04. The van der Waals surface area contributed by atoms with Crippen LogP contribution in [0.15, 0.2) is 18.2 Å². The lowest BCUT2D eigenvalue weighted by Crippen LogP contribution is -2.37. The van der Waals surface area contributed by atoms with Gasteiger partial charge in [-0.05, 0) is 43.4 Å². The van der Waals surface area contributed by atoms with Gasteiger partial charge in [0.1, 0.15) is 5.75 Å². The van der Waals surface area contributed by atoms with Crippen molar-refractivity contribution in [2.45, 2.75) is 56.5 Å². The molecule has 0 radical (unpaired) electrons. The van der Waals surface area contributed by atoms with Gasteiger partial charge in [-0.15, -0.1) is 0 Å². The van der Waals surface area contributed by atoms with E-state index in [0.717, 1.165) is 23.6 Å². The Morgan fingerprint density at radius 1 is 1.21 bits per heavy atom. The summed E-state index contributed by atoms with van der Waals surface area (Å²) in [5.41, 5.74) is 7.51. The molecule has 0 amide bonds. The highest BCUT2D eigenvalue weighted by Gasteiger charge is 2.33. The van der Waals surface area contributed by atoms with E-state index in [0.29, 0.717) is 12.6 Å². The topological polar surface area (TPSA) is 35.2 Å². The van der Waals surface area contributed by atoms with Gasteiger partial charge >= 0.3 is 0 Å². The van der Waals surface area contributed by atoms with Crippen molar-refractivity contribution in [3.8, 4) is 5.75 Å². The highest BCUT2D eigenvalue weighted by molar-refractivity contribution is 6.32. The summed E-state index contributed by atoms with van der Waals surface area (Å²) in [4.78, 5) is 0. The van der Waals surface area contributed by atoms with Gasteiger partial charge in [-0.25, -0.2) is 0 Å². The molecule has 3 heteroatoms. The summed E-state index contributed by atoms with van der Waals surface area (Å²) in [7, 11) is 0. The van der Waals surface area contributed by atoms with Gasteiger partial charge in [-0.1, -0.05) is 36.9 Å². The zero-order valence-electron chi connectivity index (χ0n) is 11.3. The van der Waals surface area contributed by atoms with Crippen LogP contribution in [0.5, 0.6) is 5.75 Å². The summed E-state index contributed by atoms with van der Waals surface area (Å²) in [6.45, 7) is 0.714. The van der Waals surface area contributed by atoms with Gasteiger partial charge in [0.2, 0.25) is 0 Å². The lowest BCUT2D eigenvalue weighted by molar-refractivity contribution is 0.295. The van der Waals surface area contributed by atoms with Crippen LogP contribution in [0, 0.1) is 0 Å². The molecule has 104 valence electrons. The maximum absolute atomic E-state index is 6.37. The highest BCUT2D eigenvalue weighted by atomic mass is 35.5. The van der Waals surface area contributed by atoms with Gasteiger partial charge < -0.3 is 10.5 Å². The summed E-state index contributed by atoms with van der Waals surface area (Å²) in [5, 5.41) is 0.739. The van der Waals surface area contributed by atoms with E-state index in [9.17, 15) is 0 Å². The molecule has 0 heterocycles. The van der Waals surface area contributed by atoms with Crippen molar-refractivity contribution in [1.82, 2.24) is 0 Å². The van der Waals surface area contributed by atoms with Crippen LogP contribution < -0.4 is 10.5 Å². The summed E-state index contributed by atoms with van der Waals surface area (Å²) in [6.07, 6.45) is 8.95. The van der Waals surface area contributed by atoms with E-state index in [1.807, 2.05) is 6.07 Å². The average Bonchev–Trinajstić information content (AvgIpc) is 3.26. The Balaban J connectivity index is 1.84. The fourth-order valence-corrected chi connectivity index (χ4v) is 3.36. The fourth-order valence-electron chi connectivity index (χ4n) is 3.13. The van der Waals surface area contributed by atoms with Crippen molar-refractivity contribution < 1.29 is 4.74 Å². The predicted molar refractivity (Wildman–Crippen MR) is 78.9 cm³/mol. The van der Waals surface area contributed by atoms with Crippen LogP contribution in [0.4, 0.5) is 0 Å². The Labute approximate surface area is 120 Å². The van der Waals surface area contributed by atoms with E-state index in [1.165, 1.54) is 37.7 Å². The Bertz CT molecular complexity index is 450. The number of hydrogen-bond acceptors (Lipinski definition) is 2. The Hall–Kier alpha value is -0.730. The second-order valence-corrected chi connectivity index (χ2v) is 6.41. The highest BCUT2D eigenvalue weighted by Crippen LogP contribution is 2.41. The molecule has 2 aliphatic rings. The number of halogens is 1. The molecule has 1 aromatic carbocycles. The first-order valence-electron chi connectivity index (χ1n) is 7.40. The van der Waals surface area contributed by atoms with Gasteiger partial charge in [-0.2, -0.15) is 0 Å². The van der Waals surface area contributed by atoms with Crippen LogP contribution in [-0.2, 0) is 5.41 Å². The maximum atomic E-state index is 6.37. The van der Waals surface area contributed by atoms with Crippen LogP contribution >= 0.6 is 11.6 Å². The standard InChI is InChI=1S/C16H22ClNO/c17-14-10-12(4-7-15(14)19-13-5-6-13)16(11-18)8-2-1-3-9-16/h4,7,10,13H,1-3,5-6,8-9,11,18H2. The van der Waals surface area contributed by atoms with Crippen molar-refractivity contribution in [2.24, 2.45) is 5.73 Å². The number of benzene rings is 1. The molecule has 0 saturated heterocycles. The van der Waals surface area contributed by atoms with E-state index in [1.54, 1.807) is 0 Å². The minimum Gasteiger partial charge on any atom is -0.489 e. The summed E-state index contributed by atoms with van der Waals surface area (Å²) >= 11 is 6.37. The van der Waals surface area contributed by atoms with E-state index >= 15 is 0 Å². The Kier molecular flexibility index (Phi) is 3.72. The second-order valence-electron chi connectivity index (χ2n) is 6.01. The van der Waals surface area contributed by atoms with Gasteiger partial charge in [0.15, 0.2) is 0 Å². The van der Waals surface area contributed by atoms with Crippen molar-refractivity contribution in [2.75, 3.05) is 6.54 Å². The zero-order valence-corrected chi connectivity index (χ0v) is 12.1. The minimum atomic E-state index is 0.139. The SMILES string of the molecule is NCC1(c2ccc(OC3CC3)c(Cl)c2)CCCCC1. The molecule has 0 aliphatic heterocycles. The van der Waals surface area contributed by atoms with E-state index in [4.69, 9.17) is 22.1 Å². The molecule has 0 bridgehead atoms. The van der Waals surface area contributed by atoms with Crippen LogP contribution in [-0.4, -0.2) is 12.6 Å². The first kappa shape index (κ1) is 13.3. The molecule has 2 saturated carbocycles. The molecule has 2 N–H and O–H groups in total. The molecular formula is C16H22ClNO. The Morgan fingerprint density at radius 3 is 2.53 bits per heavy atom. The van der Waals surface area contributed by atoms with Crippen LogP contribution in [0.25, 0.3) is 0 Å². The monoisotopic (exact) mass is 279 g/mol. The largest absolute Gasteiger partial charge is 0.489 e. The lowest BCUT2D eigenvalue weighted by atomic mass is 9.69. The molecule has 0 atom stereocenters. The zero-order chi connectivity index (χ0) is 13.3. The molecule has 19 heavy (non-hydrogen) atoms. The number of hydrogen-bond donors (Lipinski definition) is 1. The third-order valence-electron chi connectivity index (χ3n) is 4.56.